The van der Waals surface area contributed by atoms with Gasteiger partial charge in [0.1, 0.15) is 36.2 Å². The Morgan fingerprint density at radius 1 is 0.712 bits per heavy atom. The molecule has 2 saturated heterocycles. The molecule has 52 heavy (non-hydrogen) atoms. The Balaban J connectivity index is 1.83. The van der Waals surface area contributed by atoms with Crippen LogP contribution in [0.2, 0.25) is 0 Å². The van der Waals surface area contributed by atoms with Crippen molar-refractivity contribution in [3.05, 3.63) is 40.2 Å². The molecule has 0 radical (unpaired) electrons. The van der Waals surface area contributed by atoms with Crippen LogP contribution in [0.4, 0.5) is 0 Å². The maximum absolute atomic E-state index is 12.7. The monoisotopic (exact) mass is 735 g/mol. The van der Waals surface area contributed by atoms with Crippen molar-refractivity contribution in [1.82, 2.24) is 5.32 Å². The minimum absolute atomic E-state index is 0.108. The first-order chi connectivity index (χ1) is 24.4. The van der Waals surface area contributed by atoms with Crippen molar-refractivity contribution in [2.45, 2.75) is 117 Å². The first-order valence-corrected chi connectivity index (χ1v) is 16.2. The van der Waals surface area contributed by atoms with Gasteiger partial charge >= 0.3 is 35.5 Å². The SMILES string of the molecule is CC(=O)NC1C(Oc2ccc3c(C)cc(=O)oc3c2)OC(COC(C)=O)C(OC(C)=O)C1OC1OC(C)C(OC(C)=O)C(OC(C)=O)C1OC(C)=O. The van der Waals surface area contributed by atoms with Crippen molar-refractivity contribution in [2.24, 2.45) is 0 Å². The number of nitrogens with one attached hydrogen (secondary N) is 1. The summed E-state index contributed by atoms with van der Waals surface area (Å²) >= 11 is 0. The lowest BCUT2D eigenvalue weighted by Gasteiger charge is -2.49. The molecule has 3 heterocycles. The van der Waals surface area contributed by atoms with E-state index in [0.29, 0.717) is 10.9 Å². The average molecular weight is 736 g/mol. The molecule has 2 aliphatic rings. The van der Waals surface area contributed by atoms with Gasteiger partial charge in [-0.2, -0.15) is 0 Å². The van der Waals surface area contributed by atoms with Crippen molar-refractivity contribution < 1.29 is 75.8 Å². The maximum atomic E-state index is 12.7. The van der Waals surface area contributed by atoms with E-state index in [-0.39, 0.29) is 11.3 Å². The topological polar surface area (TPSA) is 228 Å². The summed E-state index contributed by atoms with van der Waals surface area (Å²) in [5, 5.41) is 3.30. The van der Waals surface area contributed by atoms with Gasteiger partial charge in [-0.15, -0.1) is 0 Å². The Hall–Kier alpha value is -5.07. The molecule has 1 aromatic heterocycles. The highest BCUT2D eigenvalue weighted by molar-refractivity contribution is 5.81. The molecule has 1 amide bonds. The van der Waals surface area contributed by atoms with Crippen LogP contribution in [0.15, 0.2) is 33.5 Å². The van der Waals surface area contributed by atoms with Gasteiger partial charge in [-0.3, -0.25) is 28.8 Å². The zero-order valence-electron chi connectivity index (χ0n) is 29.7. The van der Waals surface area contributed by atoms with Crippen molar-refractivity contribution >= 4 is 46.7 Å². The van der Waals surface area contributed by atoms with Crippen LogP contribution < -0.4 is 15.7 Å². The lowest BCUT2D eigenvalue weighted by molar-refractivity contribution is -0.338. The van der Waals surface area contributed by atoms with E-state index in [1.165, 1.54) is 26.0 Å². The Morgan fingerprint density at radius 3 is 1.90 bits per heavy atom. The van der Waals surface area contributed by atoms with Crippen LogP contribution >= 0.6 is 0 Å². The highest BCUT2D eigenvalue weighted by Crippen LogP contribution is 2.35. The fraction of sp³-hybridized carbons (Fsp3) is 0.559. The molecule has 284 valence electrons. The molecule has 2 aromatic rings. The minimum atomic E-state index is -1.64. The number of carbonyl (C=O) groups excluding carboxylic acids is 6. The molecule has 2 fully saturated rings. The third kappa shape index (κ3) is 10.0. The van der Waals surface area contributed by atoms with Crippen molar-refractivity contribution in [1.29, 1.82) is 0 Å². The summed E-state index contributed by atoms with van der Waals surface area (Å²) < 4.78 is 57.5. The molecule has 10 atom stereocenters. The molecule has 0 spiro atoms. The number of benzene rings is 1. The predicted octanol–water partition coefficient (Wildman–Crippen LogP) is 1.13. The number of amides is 1. The van der Waals surface area contributed by atoms with Gasteiger partial charge in [0.25, 0.3) is 0 Å². The third-order valence-electron chi connectivity index (χ3n) is 7.87. The van der Waals surface area contributed by atoms with Crippen LogP contribution in [0.3, 0.4) is 0 Å². The number of aryl methyl sites for hydroxylation is 1. The van der Waals surface area contributed by atoms with E-state index >= 15 is 0 Å². The second-order valence-corrected chi connectivity index (χ2v) is 12.2. The van der Waals surface area contributed by atoms with E-state index in [9.17, 15) is 33.6 Å². The van der Waals surface area contributed by atoms with E-state index in [1.807, 2.05) is 0 Å². The van der Waals surface area contributed by atoms with Gasteiger partial charge in [0, 0.05) is 59.1 Å². The number of rotatable bonds is 11. The van der Waals surface area contributed by atoms with Gasteiger partial charge in [0.2, 0.25) is 12.2 Å². The molecule has 0 saturated carbocycles. The maximum Gasteiger partial charge on any atom is 0.336 e. The summed E-state index contributed by atoms with van der Waals surface area (Å²) in [6.45, 7) is 9.44. The van der Waals surface area contributed by atoms with Crippen molar-refractivity contribution in [3.8, 4) is 5.75 Å². The third-order valence-corrected chi connectivity index (χ3v) is 7.87. The van der Waals surface area contributed by atoms with E-state index in [0.717, 1.165) is 34.6 Å². The van der Waals surface area contributed by atoms with E-state index < -0.39 is 109 Å². The van der Waals surface area contributed by atoms with Crippen molar-refractivity contribution in [3.63, 3.8) is 0 Å². The van der Waals surface area contributed by atoms with Crippen molar-refractivity contribution in [2.75, 3.05) is 6.61 Å². The lowest BCUT2D eigenvalue weighted by atomic mass is 9.94. The van der Waals surface area contributed by atoms with Gasteiger partial charge < -0.3 is 52.4 Å². The van der Waals surface area contributed by atoms with Crippen LogP contribution in [0.1, 0.15) is 54.0 Å². The molecule has 2 aliphatic heterocycles. The Kier molecular flexibility index (Phi) is 13.0. The Morgan fingerprint density at radius 2 is 1.31 bits per heavy atom. The van der Waals surface area contributed by atoms with E-state index in [2.05, 4.69) is 5.32 Å². The first-order valence-electron chi connectivity index (χ1n) is 16.2. The fourth-order valence-electron chi connectivity index (χ4n) is 5.97. The summed E-state index contributed by atoms with van der Waals surface area (Å²) in [7, 11) is 0. The molecular weight excluding hydrogens is 694 g/mol. The molecule has 18 heteroatoms. The van der Waals surface area contributed by atoms with E-state index in [4.69, 9.17) is 47.0 Å². The average Bonchev–Trinajstić information content (AvgIpc) is 3.01. The van der Waals surface area contributed by atoms with Crippen LogP contribution in [-0.4, -0.2) is 104 Å². The normalized spacial score (nSPS) is 28.5. The zero-order chi connectivity index (χ0) is 38.4. The Bertz CT molecular complexity index is 1740. The molecule has 4 rings (SSSR count). The Labute approximate surface area is 297 Å². The number of hydrogen-bond donors (Lipinski definition) is 1. The van der Waals surface area contributed by atoms with Crippen LogP contribution in [0.25, 0.3) is 11.0 Å². The molecule has 18 nitrogen and oxygen atoms in total. The number of carbonyl (C=O) groups is 6. The summed E-state index contributed by atoms with van der Waals surface area (Å²) in [5.74, 6) is -4.45. The molecule has 10 unspecified atom stereocenters. The standard InChI is InChI=1S/C34H41NO17/c1-14-11-26(42)50-24-12-22(9-10-23(14)24)49-33-27(35-16(3)36)30(29(46-19(6)39)25(51-33)13-43-17(4)37)52-34-32(48-21(8)41)31(47-20(7)40)28(15(2)44-34)45-18(5)38/h9-12,15,25,27-34H,13H2,1-8H3,(H,35,36). The predicted molar refractivity (Wildman–Crippen MR) is 172 cm³/mol. The van der Waals surface area contributed by atoms with E-state index in [1.54, 1.807) is 19.1 Å². The summed E-state index contributed by atoms with van der Waals surface area (Å²) in [6.07, 6.45) is -12.7. The van der Waals surface area contributed by atoms with Gasteiger partial charge in [-0.25, -0.2) is 4.79 Å². The molecule has 1 N–H and O–H groups in total. The summed E-state index contributed by atoms with van der Waals surface area (Å²) in [4.78, 5) is 85.8. The highest BCUT2D eigenvalue weighted by Gasteiger charge is 2.56. The van der Waals surface area contributed by atoms with Crippen LogP contribution in [0.5, 0.6) is 5.75 Å². The molecular formula is C34H41NO17. The first kappa shape index (κ1) is 39.7. The summed E-state index contributed by atoms with van der Waals surface area (Å²) in [5.41, 5.74) is 0.233. The quantitative estimate of drug-likeness (QED) is 0.194. The second-order valence-electron chi connectivity index (χ2n) is 12.2. The van der Waals surface area contributed by atoms with Gasteiger partial charge in [0.15, 0.2) is 30.7 Å². The second kappa shape index (κ2) is 17.0. The highest BCUT2D eigenvalue weighted by atomic mass is 16.8. The molecule has 1 aromatic carbocycles. The lowest BCUT2D eigenvalue weighted by Crippen LogP contribution is -2.69. The molecule has 0 aliphatic carbocycles. The van der Waals surface area contributed by atoms with Crippen LogP contribution in [0, 0.1) is 6.92 Å². The van der Waals surface area contributed by atoms with Gasteiger partial charge in [0.05, 0.1) is 6.10 Å². The van der Waals surface area contributed by atoms with Crippen LogP contribution in [-0.2, 0) is 66.7 Å². The minimum Gasteiger partial charge on any atom is -0.463 e. The summed E-state index contributed by atoms with van der Waals surface area (Å²) in [6, 6.07) is 4.59. The number of fused-ring (bicyclic) bond motifs is 1. The smallest absolute Gasteiger partial charge is 0.336 e. The number of esters is 5. The molecule has 0 bridgehead atoms. The zero-order valence-corrected chi connectivity index (χ0v) is 29.7. The van der Waals surface area contributed by atoms with Gasteiger partial charge in [-0.05, 0) is 31.5 Å². The number of hydrogen-bond acceptors (Lipinski definition) is 17. The largest absolute Gasteiger partial charge is 0.463 e. The number of ether oxygens (including phenoxy) is 9. The van der Waals surface area contributed by atoms with Gasteiger partial charge in [-0.1, -0.05) is 0 Å². The fourth-order valence-corrected chi connectivity index (χ4v) is 5.97.